The minimum Gasteiger partial charge on any atom is -0.398 e. The van der Waals surface area contributed by atoms with E-state index in [2.05, 4.69) is 4.90 Å². The summed E-state index contributed by atoms with van der Waals surface area (Å²) in [4.78, 5) is 2.46. The average Bonchev–Trinajstić information content (AvgIpc) is 3.10. The van der Waals surface area contributed by atoms with E-state index in [0.717, 1.165) is 13.1 Å². The molecule has 0 spiro atoms. The molecule has 2 aliphatic rings. The minimum absolute atomic E-state index is 0.365. The standard InChI is InChI=1S/C13H21N3O2S2/c14-11-9-13(19-10-11)20(17,18)16-7-5-15(6-8-16)12-3-1-2-4-12/h9-10,12H,1-8,14H2. The van der Waals surface area contributed by atoms with E-state index in [-0.39, 0.29) is 0 Å². The molecule has 1 aromatic rings. The van der Waals surface area contributed by atoms with Gasteiger partial charge in [-0.25, -0.2) is 8.42 Å². The fraction of sp³-hybridized carbons (Fsp3) is 0.692. The van der Waals surface area contributed by atoms with Crippen molar-refractivity contribution in [2.45, 2.75) is 35.9 Å². The largest absolute Gasteiger partial charge is 0.398 e. The first kappa shape index (κ1) is 14.3. The highest BCUT2D eigenvalue weighted by Gasteiger charge is 2.32. The molecule has 3 rings (SSSR count). The van der Waals surface area contributed by atoms with Gasteiger partial charge in [0.15, 0.2) is 0 Å². The van der Waals surface area contributed by atoms with Crippen molar-refractivity contribution >= 4 is 27.0 Å². The minimum atomic E-state index is -3.34. The van der Waals surface area contributed by atoms with Crippen LogP contribution in [0.4, 0.5) is 5.69 Å². The van der Waals surface area contributed by atoms with Gasteiger partial charge in [-0.1, -0.05) is 12.8 Å². The molecule has 7 heteroatoms. The van der Waals surface area contributed by atoms with Crippen LogP contribution in [-0.4, -0.2) is 49.8 Å². The van der Waals surface area contributed by atoms with Gasteiger partial charge in [0.1, 0.15) is 4.21 Å². The molecule has 20 heavy (non-hydrogen) atoms. The zero-order valence-electron chi connectivity index (χ0n) is 11.5. The summed E-state index contributed by atoms with van der Waals surface area (Å²) in [6.45, 7) is 2.89. The number of nitrogens with zero attached hydrogens (tertiary/aromatic N) is 2. The molecular formula is C13H21N3O2S2. The Kier molecular flexibility index (Phi) is 4.03. The van der Waals surface area contributed by atoms with Crippen molar-refractivity contribution in [1.29, 1.82) is 0 Å². The van der Waals surface area contributed by atoms with E-state index in [1.54, 1.807) is 15.8 Å². The number of nitrogen functional groups attached to an aromatic ring is 1. The molecule has 1 saturated heterocycles. The maximum Gasteiger partial charge on any atom is 0.252 e. The Balaban J connectivity index is 1.65. The van der Waals surface area contributed by atoms with E-state index >= 15 is 0 Å². The Morgan fingerprint density at radius 3 is 2.35 bits per heavy atom. The molecule has 0 aromatic carbocycles. The summed E-state index contributed by atoms with van der Waals surface area (Å²) in [6.07, 6.45) is 5.18. The number of thiophene rings is 1. The van der Waals surface area contributed by atoms with Gasteiger partial charge < -0.3 is 5.73 Å². The molecule has 2 heterocycles. The lowest BCUT2D eigenvalue weighted by molar-refractivity contribution is 0.139. The second kappa shape index (κ2) is 5.63. The van der Waals surface area contributed by atoms with Crippen LogP contribution in [-0.2, 0) is 10.0 Å². The lowest BCUT2D eigenvalue weighted by atomic mass is 10.2. The topological polar surface area (TPSA) is 66.6 Å². The van der Waals surface area contributed by atoms with Gasteiger partial charge in [0.05, 0.1) is 0 Å². The first-order valence-corrected chi connectivity index (χ1v) is 9.47. The molecule has 0 atom stereocenters. The molecule has 112 valence electrons. The van der Waals surface area contributed by atoms with E-state index in [1.165, 1.54) is 37.0 Å². The third kappa shape index (κ3) is 2.72. The molecule has 0 amide bonds. The SMILES string of the molecule is Nc1csc(S(=O)(=O)N2CCN(C3CCCC3)CC2)c1. The van der Waals surface area contributed by atoms with E-state index in [1.807, 2.05) is 0 Å². The summed E-state index contributed by atoms with van der Waals surface area (Å²) < 4.78 is 26.9. The molecule has 1 aromatic heterocycles. The Morgan fingerprint density at radius 2 is 1.80 bits per heavy atom. The van der Waals surface area contributed by atoms with Crippen LogP contribution >= 0.6 is 11.3 Å². The van der Waals surface area contributed by atoms with Gasteiger partial charge in [-0.05, 0) is 18.9 Å². The Labute approximate surface area is 124 Å². The highest BCUT2D eigenvalue weighted by Crippen LogP contribution is 2.28. The first-order chi connectivity index (χ1) is 9.57. The van der Waals surface area contributed by atoms with Crippen LogP contribution in [0, 0.1) is 0 Å². The van der Waals surface area contributed by atoms with Gasteiger partial charge in [-0.3, -0.25) is 4.90 Å². The third-order valence-corrected chi connectivity index (χ3v) is 7.64. The fourth-order valence-corrected chi connectivity index (χ4v) is 5.83. The molecule has 1 saturated carbocycles. The van der Waals surface area contributed by atoms with Crippen LogP contribution in [0.5, 0.6) is 0 Å². The van der Waals surface area contributed by atoms with Crippen molar-refractivity contribution in [2.24, 2.45) is 0 Å². The second-order valence-electron chi connectivity index (χ2n) is 5.58. The van der Waals surface area contributed by atoms with Crippen molar-refractivity contribution in [1.82, 2.24) is 9.21 Å². The summed E-state index contributed by atoms with van der Waals surface area (Å²) in [5.74, 6) is 0. The predicted octanol–water partition coefficient (Wildman–Crippen LogP) is 1.58. The molecule has 5 nitrogen and oxygen atoms in total. The number of anilines is 1. The van der Waals surface area contributed by atoms with Gasteiger partial charge >= 0.3 is 0 Å². The number of hydrogen-bond donors (Lipinski definition) is 1. The Bertz CT molecular complexity index is 556. The van der Waals surface area contributed by atoms with E-state index in [9.17, 15) is 8.42 Å². The smallest absolute Gasteiger partial charge is 0.252 e. The van der Waals surface area contributed by atoms with Crippen LogP contribution in [0.2, 0.25) is 0 Å². The van der Waals surface area contributed by atoms with Crippen LogP contribution in [0.3, 0.4) is 0 Å². The van der Waals surface area contributed by atoms with Crippen LogP contribution in [0.15, 0.2) is 15.7 Å². The molecule has 1 aliphatic heterocycles. The lowest BCUT2D eigenvalue weighted by Crippen LogP contribution is -2.51. The van der Waals surface area contributed by atoms with Crippen molar-refractivity contribution in [2.75, 3.05) is 31.9 Å². The maximum absolute atomic E-state index is 12.5. The van der Waals surface area contributed by atoms with Crippen molar-refractivity contribution in [3.05, 3.63) is 11.4 Å². The number of sulfonamides is 1. The monoisotopic (exact) mass is 315 g/mol. The van der Waals surface area contributed by atoms with Crippen LogP contribution in [0.25, 0.3) is 0 Å². The van der Waals surface area contributed by atoms with Gasteiger partial charge in [0.25, 0.3) is 10.0 Å². The van der Waals surface area contributed by atoms with Crippen LogP contribution in [0.1, 0.15) is 25.7 Å². The Morgan fingerprint density at radius 1 is 1.15 bits per heavy atom. The highest BCUT2D eigenvalue weighted by atomic mass is 32.2. The van der Waals surface area contributed by atoms with Crippen molar-refractivity contribution in [3.63, 3.8) is 0 Å². The molecule has 0 bridgehead atoms. The molecule has 0 radical (unpaired) electrons. The van der Waals surface area contributed by atoms with E-state index < -0.39 is 10.0 Å². The van der Waals surface area contributed by atoms with E-state index in [0.29, 0.717) is 29.0 Å². The number of hydrogen-bond acceptors (Lipinski definition) is 5. The van der Waals surface area contributed by atoms with Gasteiger partial charge in [0.2, 0.25) is 0 Å². The molecule has 2 fully saturated rings. The second-order valence-corrected chi connectivity index (χ2v) is 8.65. The number of rotatable bonds is 3. The first-order valence-electron chi connectivity index (χ1n) is 7.15. The van der Waals surface area contributed by atoms with Crippen molar-refractivity contribution in [3.8, 4) is 0 Å². The summed E-state index contributed by atoms with van der Waals surface area (Å²) in [5, 5.41) is 1.68. The van der Waals surface area contributed by atoms with E-state index in [4.69, 9.17) is 5.73 Å². The quantitative estimate of drug-likeness (QED) is 0.919. The van der Waals surface area contributed by atoms with Crippen molar-refractivity contribution < 1.29 is 8.42 Å². The molecular weight excluding hydrogens is 294 g/mol. The van der Waals surface area contributed by atoms with Gasteiger partial charge in [0, 0.05) is 43.3 Å². The zero-order valence-corrected chi connectivity index (χ0v) is 13.1. The average molecular weight is 315 g/mol. The lowest BCUT2D eigenvalue weighted by Gasteiger charge is -2.37. The van der Waals surface area contributed by atoms with Crippen LogP contribution < -0.4 is 5.73 Å². The fourth-order valence-electron chi connectivity index (χ4n) is 3.17. The summed E-state index contributed by atoms with van der Waals surface area (Å²) in [7, 11) is -3.34. The summed E-state index contributed by atoms with van der Waals surface area (Å²) >= 11 is 1.21. The third-order valence-electron chi connectivity index (χ3n) is 4.30. The molecule has 0 unspecified atom stereocenters. The molecule has 2 N–H and O–H groups in total. The normalized spacial score (nSPS) is 23.4. The molecule has 1 aliphatic carbocycles. The zero-order chi connectivity index (χ0) is 14.2. The summed E-state index contributed by atoms with van der Waals surface area (Å²) in [6, 6.07) is 2.24. The summed E-state index contributed by atoms with van der Waals surface area (Å²) in [5.41, 5.74) is 6.15. The number of piperazine rings is 1. The van der Waals surface area contributed by atoms with Gasteiger partial charge in [-0.15, -0.1) is 11.3 Å². The Hall–Kier alpha value is -0.630. The highest BCUT2D eigenvalue weighted by molar-refractivity contribution is 7.91. The van der Waals surface area contributed by atoms with Gasteiger partial charge in [-0.2, -0.15) is 4.31 Å². The predicted molar refractivity (Wildman–Crippen MR) is 81.3 cm³/mol. The number of nitrogens with two attached hydrogens (primary N) is 1. The maximum atomic E-state index is 12.5.